The van der Waals surface area contributed by atoms with E-state index in [4.69, 9.17) is 4.74 Å². The number of hydrogen-bond acceptors (Lipinski definition) is 3. The second kappa shape index (κ2) is 7.40. The Balaban J connectivity index is 1.64. The van der Waals surface area contributed by atoms with E-state index < -0.39 is 0 Å². The molecular weight excluding hydrogens is 288 g/mol. The maximum Gasteiger partial charge on any atom is 0.255 e. The van der Waals surface area contributed by atoms with E-state index in [0.717, 1.165) is 37.3 Å². The first kappa shape index (κ1) is 15.7. The van der Waals surface area contributed by atoms with Crippen molar-refractivity contribution in [3.63, 3.8) is 0 Å². The van der Waals surface area contributed by atoms with E-state index in [1.54, 1.807) is 7.11 Å². The number of para-hydroxylation sites is 1. The summed E-state index contributed by atoms with van der Waals surface area (Å²) in [6.45, 7) is 2.85. The maximum absolute atomic E-state index is 12.4. The molecule has 0 bridgehead atoms. The van der Waals surface area contributed by atoms with Crippen molar-refractivity contribution >= 4 is 11.6 Å². The van der Waals surface area contributed by atoms with Crippen molar-refractivity contribution in [3.05, 3.63) is 65.7 Å². The van der Waals surface area contributed by atoms with Gasteiger partial charge in [-0.1, -0.05) is 30.3 Å². The summed E-state index contributed by atoms with van der Waals surface area (Å²) in [5, 5.41) is 2.92. The summed E-state index contributed by atoms with van der Waals surface area (Å²) in [4.78, 5) is 14.7. The van der Waals surface area contributed by atoms with E-state index in [2.05, 4.69) is 16.3 Å². The summed E-state index contributed by atoms with van der Waals surface area (Å²) in [5.41, 5.74) is 2.65. The largest absolute Gasteiger partial charge is 0.380 e. The lowest BCUT2D eigenvalue weighted by Crippen LogP contribution is -2.22. The van der Waals surface area contributed by atoms with E-state index in [0.29, 0.717) is 11.7 Å². The summed E-state index contributed by atoms with van der Waals surface area (Å²) >= 11 is 0. The first-order valence-electron chi connectivity index (χ1n) is 7.95. The van der Waals surface area contributed by atoms with E-state index in [1.807, 2.05) is 48.5 Å². The van der Waals surface area contributed by atoms with Gasteiger partial charge >= 0.3 is 0 Å². The number of methoxy groups -OCH3 is 1. The van der Waals surface area contributed by atoms with Gasteiger partial charge in [0.25, 0.3) is 5.91 Å². The minimum absolute atomic E-state index is 0.0748. The number of carbonyl (C=O) groups excluding carboxylic acids is 1. The van der Waals surface area contributed by atoms with E-state index >= 15 is 0 Å². The molecule has 2 aromatic carbocycles. The molecule has 0 saturated carbocycles. The number of rotatable bonds is 5. The molecule has 1 N–H and O–H groups in total. The van der Waals surface area contributed by atoms with Crippen molar-refractivity contribution in [3.8, 4) is 0 Å². The van der Waals surface area contributed by atoms with Gasteiger partial charge in [0.05, 0.1) is 6.10 Å². The van der Waals surface area contributed by atoms with Crippen LogP contribution in [0, 0.1) is 0 Å². The van der Waals surface area contributed by atoms with Gasteiger partial charge in [-0.2, -0.15) is 0 Å². The lowest BCUT2D eigenvalue weighted by atomic mass is 10.1. The summed E-state index contributed by atoms with van der Waals surface area (Å²) in [5.74, 6) is -0.0748. The molecule has 1 aliphatic heterocycles. The van der Waals surface area contributed by atoms with Crippen molar-refractivity contribution in [2.75, 3.05) is 25.5 Å². The first-order chi connectivity index (χ1) is 11.2. The molecule has 1 amide bonds. The molecule has 4 heteroatoms. The van der Waals surface area contributed by atoms with Crippen LogP contribution in [-0.4, -0.2) is 37.1 Å². The lowest BCUT2D eigenvalue weighted by molar-refractivity contribution is 0.102. The Morgan fingerprint density at radius 2 is 2.04 bits per heavy atom. The number of carbonyl (C=O) groups is 1. The third kappa shape index (κ3) is 4.18. The Bertz CT molecular complexity index is 657. The predicted octanol–water partition coefficient (Wildman–Crippen LogP) is 3.16. The average Bonchev–Trinajstić information content (AvgIpc) is 3.03. The topological polar surface area (TPSA) is 41.6 Å². The Labute approximate surface area is 137 Å². The Morgan fingerprint density at radius 1 is 1.22 bits per heavy atom. The average molecular weight is 310 g/mol. The van der Waals surface area contributed by atoms with Crippen LogP contribution in [0.5, 0.6) is 0 Å². The monoisotopic (exact) mass is 310 g/mol. The van der Waals surface area contributed by atoms with Gasteiger partial charge in [-0.15, -0.1) is 0 Å². The first-order valence-corrected chi connectivity index (χ1v) is 7.95. The third-order valence-electron chi connectivity index (χ3n) is 4.19. The zero-order valence-corrected chi connectivity index (χ0v) is 13.4. The fraction of sp³-hybridized carbons (Fsp3) is 0.316. The van der Waals surface area contributed by atoms with Gasteiger partial charge in [0.2, 0.25) is 0 Å². The number of benzene rings is 2. The van der Waals surface area contributed by atoms with Crippen LogP contribution in [0.1, 0.15) is 22.3 Å². The molecule has 3 rings (SSSR count). The molecular formula is C19H22N2O2. The van der Waals surface area contributed by atoms with E-state index in [1.165, 1.54) is 0 Å². The molecule has 1 aliphatic rings. The molecule has 0 radical (unpaired) electrons. The third-order valence-corrected chi connectivity index (χ3v) is 4.19. The molecule has 0 aliphatic carbocycles. The molecule has 0 spiro atoms. The standard InChI is InChI=1S/C19H22N2O2/c1-23-18-10-11-21(14-18)13-15-6-5-7-16(12-15)19(22)20-17-8-3-2-4-9-17/h2-9,12,18H,10-11,13-14H2,1H3,(H,20,22)/t18-/m0/s1. The van der Waals surface area contributed by atoms with Gasteiger partial charge in [-0.25, -0.2) is 0 Å². The van der Waals surface area contributed by atoms with Crippen LogP contribution in [0.4, 0.5) is 5.69 Å². The lowest BCUT2D eigenvalue weighted by Gasteiger charge is -2.16. The fourth-order valence-electron chi connectivity index (χ4n) is 2.93. The van der Waals surface area contributed by atoms with Crippen LogP contribution < -0.4 is 5.32 Å². The summed E-state index contributed by atoms with van der Waals surface area (Å²) in [6, 6.07) is 17.4. The van der Waals surface area contributed by atoms with Crippen LogP contribution >= 0.6 is 0 Å². The molecule has 4 nitrogen and oxygen atoms in total. The van der Waals surface area contributed by atoms with Crippen molar-refractivity contribution in [2.45, 2.75) is 19.1 Å². The molecule has 120 valence electrons. The number of ether oxygens (including phenoxy) is 1. The van der Waals surface area contributed by atoms with Crippen LogP contribution in [0.3, 0.4) is 0 Å². The number of anilines is 1. The molecule has 2 aromatic rings. The fourth-order valence-corrected chi connectivity index (χ4v) is 2.93. The second-order valence-electron chi connectivity index (χ2n) is 5.90. The molecule has 1 fully saturated rings. The summed E-state index contributed by atoms with van der Waals surface area (Å²) < 4.78 is 5.40. The Kier molecular flexibility index (Phi) is 5.05. The maximum atomic E-state index is 12.4. The van der Waals surface area contributed by atoms with Gasteiger partial charge in [0, 0.05) is 38.0 Å². The summed E-state index contributed by atoms with van der Waals surface area (Å²) in [7, 11) is 1.77. The predicted molar refractivity (Wildman–Crippen MR) is 91.5 cm³/mol. The van der Waals surface area contributed by atoms with E-state index in [9.17, 15) is 4.79 Å². The van der Waals surface area contributed by atoms with Crippen LogP contribution in [0.15, 0.2) is 54.6 Å². The zero-order chi connectivity index (χ0) is 16.1. The van der Waals surface area contributed by atoms with Crippen molar-refractivity contribution in [1.29, 1.82) is 0 Å². The highest BCUT2D eigenvalue weighted by Crippen LogP contribution is 2.17. The van der Waals surface area contributed by atoms with Crippen LogP contribution in [0.25, 0.3) is 0 Å². The molecule has 1 saturated heterocycles. The van der Waals surface area contributed by atoms with E-state index in [-0.39, 0.29) is 5.91 Å². The number of nitrogens with zero attached hydrogens (tertiary/aromatic N) is 1. The number of likely N-dealkylation sites (tertiary alicyclic amines) is 1. The van der Waals surface area contributed by atoms with Crippen molar-refractivity contribution < 1.29 is 9.53 Å². The number of nitrogens with one attached hydrogen (secondary N) is 1. The smallest absolute Gasteiger partial charge is 0.255 e. The highest BCUT2D eigenvalue weighted by Gasteiger charge is 2.22. The normalized spacial score (nSPS) is 18.0. The Hall–Kier alpha value is -2.17. The Morgan fingerprint density at radius 3 is 2.78 bits per heavy atom. The molecule has 1 atom stereocenters. The van der Waals surface area contributed by atoms with Gasteiger partial charge in [-0.3, -0.25) is 9.69 Å². The van der Waals surface area contributed by atoms with Gasteiger partial charge in [0.1, 0.15) is 0 Å². The van der Waals surface area contributed by atoms with Crippen LogP contribution in [0.2, 0.25) is 0 Å². The SMILES string of the molecule is CO[C@H]1CCN(Cc2cccc(C(=O)Nc3ccccc3)c2)C1. The molecule has 1 heterocycles. The second-order valence-corrected chi connectivity index (χ2v) is 5.90. The summed E-state index contributed by atoms with van der Waals surface area (Å²) in [6.07, 6.45) is 1.41. The zero-order valence-electron chi connectivity index (χ0n) is 13.4. The quantitative estimate of drug-likeness (QED) is 0.922. The molecule has 23 heavy (non-hydrogen) atoms. The number of amides is 1. The van der Waals surface area contributed by atoms with Gasteiger partial charge in [0.15, 0.2) is 0 Å². The van der Waals surface area contributed by atoms with Crippen molar-refractivity contribution in [2.24, 2.45) is 0 Å². The van der Waals surface area contributed by atoms with Gasteiger partial charge in [-0.05, 0) is 36.2 Å². The molecule has 0 aromatic heterocycles. The highest BCUT2D eigenvalue weighted by molar-refractivity contribution is 6.04. The minimum atomic E-state index is -0.0748. The highest BCUT2D eigenvalue weighted by atomic mass is 16.5. The number of hydrogen-bond donors (Lipinski definition) is 1. The van der Waals surface area contributed by atoms with Gasteiger partial charge < -0.3 is 10.1 Å². The van der Waals surface area contributed by atoms with Crippen LogP contribution in [-0.2, 0) is 11.3 Å². The van der Waals surface area contributed by atoms with Crippen molar-refractivity contribution in [1.82, 2.24) is 4.90 Å². The minimum Gasteiger partial charge on any atom is -0.380 e. The molecule has 0 unspecified atom stereocenters.